The lowest BCUT2D eigenvalue weighted by Gasteiger charge is -2.10. The van der Waals surface area contributed by atoms with Crippen LogP contribution in [0.15, 0.2) is 30.6 Å². The Bertz CT molecular complexity index is 596. The normalized spacial score (nSPS) is 10.4. The average Bonchev–Trinajstić information content (AvgIpc) is 2.77. The van der Waals surface area contributed by atoms with Gasteiger partial charge in [0.2, 0.25) is 0 Å². The van der Waals surface area contributed by atoms with Gasteiger partial charge in [0, 0.05) is 18.4 Å². The predicted molar refractivity (Wildman–Crippen MR) is 70.0 cm³/mol. The molecule has 7 heteroatoms. The highest BCUT2D eigenvalue weighted by atomic mass is 19.1. The number of nitrogens with two attached hydrogens (primary N) is 2. The highest BCUT2D eigenvalue weighted by Crippen LogP contribution is 2.16. The molecule has 0 atom stereocenters. The van der Waals surface area contributed by atoms with Gasteiger partial charge in [0.05, 0.1) is 24.0 Å². The molecule has 0 radical (unpaired) electrons. The summed E-state index contributed by atoms with van der Waals surface area (Å²) < 4.78 is 14.7. The number of carbonyl (C=O) groups excluding carboxylic acids is 1. The van der Waals surface area contributed by atoms with Crippen molar-refractivity contribution in [1.29, 1.82) is 0 Å². The lowest BCUT2D eigenvalue weighted by atomic mass is 10.1. The minimum absolute atomic E-state index is 0.125. The van der Waals surface area contributed by atoms with Crippen LogP contribution in [-0.4, -0.2) is 22.2 Å². The van der Waals surface area contributed by atoms with Crippen molar-refractivity contribution < 1.29 is 9.18 Å². The number of nitrogens with zero attached hydrogens (tertiary/aromatic N) is 2. The summed E-state index contributed by atoms with van der Waals surface area (Å²) in [6.45, 7) is 1.07. The summed E-state index contributed by atoms with van der Waals surface area (Å²) in [6, 6.07) is 3.85. The largest absolute Gasteiger partial charge is 0.396 e. The lowest BCUT2D eigenvalue weighted by molar-refractivity contribution is 0.100. The Kier molecular flexibility index (Phi) is 3.65. The number of primary amides is 1. The van der Waals surface area contributed by atoms with E-state index in [1.807, 2.05) is 0 Å². The molecule has 0 saturated heterocycles. The number of amides is 1. The van der Waals surface area contributed by atoms with E-state index < -0.39 is 11.7 Å². The van der Waals surface area contributed by atoms with Gasteiger partial charge in [-0.2, -0.15) is 5.10 Å². The molecule has 2 aromatic rings. The maximum absolute atomic E-state index is 13.0. The number of nitrogens with one attached hydrogen (secondary N) is 1. The maximum atomic E-state index is 13.0. The van der Waals surface area contributed by atoms with Gasteiger partial charge in [0.25, 0.3) is 5.91 Å². The van der Waals surface area contributed by atoms with Crippen LogP contribution in [0.5, 0.6) is 0 Å². The number of hydrogen-bond donors (Lipinski definition) is 3. The maximum Gasteiger partial charge on any atom is 0.250 e. The minimum Gasteiger partial charge on any atom is -0.396 e. The Morgan fingerprint density at radius 3 is 2.89 bits per heavy atom. The summed E-state index contributed by atoms with van der Waals surface area (Å²) in [6.07, 6.45) is 3.24. The zero-order valence-electron chi connectivity index (χ0n) is 10.1. The van der Waals surface area contributed by atoms with Gasteiger partial charge >= 0.3 is 0 Å². The Hall–Kier alpha value is -2.57. The fourth-order valence-corrected chi connectivity index (χ4v) is 1.68. The quantitative estimate of drug-likeness (QED) is 0.743. The third-order valence-electron chi connectivity index (χ3n) is 2.56. The molecule has 1 amide bonds. The van der Waals surface area contributed by atoms with E-state index in [1.165, 1.54) is 12.1 Å². The molecule has 5 N–H and O–H groups in total. The molecule has 0 saturated carbocycles. The van der Waals surface area contributed by atoms with Gasteiger partial charge in [-0.25, -0.2) is 4.39 Å². The molecule has 0 spiro atoms. The number of anilines is 2. The molecule has 19 heavy (non-hydrogen) atoms. The SMILES string of the molecule is NC(=O)c1cc(F)ccc1NCCn1cc(N)cn1. The third-order valence-corrected chi connectivity index (χ3v) is 2.56. The molecule has 6 nitrogen and oxygen atoms in total. The second kappa shape index (κ2) is 5.38. The van der Waals surface area contributed by atoms with Gasteiger partial charge in [-0.3, -0.25) is 9.48 Å². The fourth-order valence-electron chi connectivity index (χ4n) is 1.68. The number of benzene rings is 1. The number of rotatable bonds is 5. The first-order chi connectivity index (χ1) is 9.06. The molecule has 0 aliphatic carbocycles. The lowest BCUT2D eigenvalue weighted by Crippen LogP contribution is -2.17. The van der Waals surface area contributed by atoms with Crippen molar-refractivity contribution in [2.75, 3.05) is 17.6 Å². The molecule has 2 rings (SSSR count). The molecule has 100 valence electrons. The van der Waals surface area contributed by atoms with Crippen LogP contribution in [-0.2, 0) is 6.54 Å². The zero-order chi connectivity index (χ0) is 13.8. The van der Waals surface area contributed by atoms with Crippen LogP contribution in [0.3, 0.4) is 0 Å². The minimum atomic E-state index is -0.676. The number of carbonyl (C=O) groups is 1. The average molecular weight is 263 g/mol. The number of aromatic nitrogens is 2. The second-order valence-electron chi connectivity index (χ2n) is 4.02. The molecular weight excluding hydrogens is 249 g/mol. The van der Waals surface area contributed by atoms with Crippen molar-refractivity contribution in [3.05, 3.63) is 42.0 Å². The van der Waals surface area contributed by atoms with Gasteiger partial charge in [-0.15, -0.1) is 0 Å². The molecule has 0 fully saturated rings. The van der Waals surface area contributed by atoms with Gasteiger partial charge in [-0.05, 0) is 18.2 Å². The van der Waals surface area contributed by atoms with Crippen LogP contribution in [0.25, 0.3) is 0 Å². The van der Waals surface area contributed by atoms with Crippen molar-refractivity contribution in [1.82, 2.24) is 9.78 Å². The smallest absolute Gasteiger partial charge is 0.250 e. The fraction of sp³-hybridized carbons (Fsp3) is 0.167. The van der Waals surface area contributed by atoms with Crippen LogP contribution in [0.1, 0.15) is 10.4 Å². The van der Waals surface area contributed by atoms with Crippen molar-refractivity contribution in [2.45, 2.75) is 6.54 Å². The van der Waals surface area contributed by atoms with Gasteiger partial charge in [0.15, 0.2) is 0 Å². The standard InChI is InChI=1S/C12H14FN5O/c13-8-1-2-11(10(5-8)12(15)19)16-3-4-18-7-9(14)6-17-18/h1-2,5-7,16H,3-4,14H2,(H2,15,19). The molecule has 1 heterocycles. The van der Waals surface area contributed by atoms with Crippen LogP contribution in [0, 0.1) is 5.82 Å². The molecule has 0 aliphatic rings. The van der Waals surface area contributed by atoms with Crippen molar-refractivity contribution >= 4 is 17.3 Å². The highest BCUT2D eigenvalue weighted by Gasteiger charge is 2.09. The first-order valence-electron chi connectivity index (χ1n) is 5.67. The topological polar surface area (TPSA) is 99.0 Å². The molecule has 0 bridgehead atoms. The Morgan fingerprint density at radius 2 is 2.26 bits per heavy atom. The Morgan fingerprint density at radius 1 is 1.47 bits per heavy atom. The summed E-state index contributed by atoms with van der Waals surface area (Å²) in [5.74, 6) is -1.18. The van der Waals surface area contributed by atoms with E-state index in [4.69, 9.17) is 11.5 Å². The molecule has 0 aliphatic heterocycles. The highest BCUT2D eigenvalue weighted by molar-refractivity contribution is 5.98. The van der Waals surface area contributed by atoms with Crippen molar-refractivity contribution in [3.63, 3.8) is 0 Å². The van der Waals surface area contributed by atoms with E-state index >= 15 is 0 Å². The van der Waals surface area contributed by atoms with E-state index in [1.54, 1.807) is 17.1 Å². The monoisotopic (exact) mass is 263 g/mol. The van der Waals surface area contributed by atoms with Crippen molar-refractivity contribution in [2.24, 2.45) is 5.73 Å². The second-order valence-corrected chi connectivity index (χ2v) is 4.02. The van der Waals surface area contributed by atoms with E-state index in [-0.39, 0.29) is 5.56 Å². The van der Waals surface area contributed by atoms with Crippen LogP contribution in [0.4, 0.5) is 15.8 Å². The van der Waals surface area contributed by atoms with E-state index in [2.05, 4.69) is 10.4 Å². The third kappa shape index (κ3) is 3.21. The summed E-state index contributed by atoms with van der Waals surface area (Å²) in [4.78, 5) is 11.2. The Labute approximate surface area is 109 Å². The zero-order valence-corrected chi connectivity index (χ0v) is 10.1. The van der Waals surface area contributed by atoms with Crippen LogP contribution >= 0.6 is 0 Å². The molecular formula is C12H14FN5O. The summed E-state index contributed by atoms with van der Waals surface area (Å²) >= 11 is 0. The number of nitrogen functional groups attached to an aromatic ring is 1. The Balaban J connectivity index is 2.01. The first-order valence-corrected chi connectivity index (χ1v) is 5.67. The first kappa shape index (κ1) is 12.9. The predicted octanol–water partition coefficient (Wildman–Crippen LogP) is 0.815. The number of halogens is 1. The number of hydrogen-bond acceptors (Lipinski definition) is 4. The molecule has 0 unspecified atom stereocenters. The van der Waals surface area contributed by atoms with Gasteiger partial charge in [0.1, 0.15) is 5.82 Å². The van der Waals surface area contributed by atoms with Crippen LogP contribution in [0.2, 0.25) is 0 Å². The summed E-state index contributed by atoms with van der Waals surface area (Å²) in [5, 5.41) is 7.03. The van der Waals surface area contributed by atoms with Gasteiger partial charge < -0.3 is 16.8 Å². The van der Waals surface area contributed by atoms with Crippen LogP contribution < -0.4 is 16.8 Å². The van der Waals surface area contributed by atoms with E-state index in [9.17, 15) is 9.18 Å². The van der Waals surface area contributed by atoms with Crippen molar-refractivity contribution in [3.8, 4) is 0 Å². The van der Waals surface area contributed by atoms with Gasteiger partial charge in [-0.1, -0.05) is 0 Å². The molecule has 1 aromatic carbocycles. The van der Waals surface area contributed by atoms with E-state index in [0.717, 1.165) is 6.07 Å². The summed E-state index contributed by atoms with van der Waals surface area (Å²) in [5.41, 5.74) is 11.9. The van der Waals surface area contributed by atoms with E-state index in [0.29, 0.717) is 24.5 Å². The molecule has 1 aromatic heterocycles. The summed E-state index contributed by atoms with van der Waals surface area (Å²) in [7, 11) is 0.